The third-order valence-electron chi connectivity index (χ3n) is 4.88. The molecular formula is C26H25F6IO6. The van der Waals surface area contributed by atoms with Gasteiger partial charge in [-0.1, -0.05) is 24.0 Å². The number of ether oxygens (including phenoxy) is 4. The highest BCUT2D eigenvalue weighted by Gasteiger charge is 2.37. The number of carbonyl (C=O) groups is 1. The van der Waals surface area contributed by atoms with Gasteiger partial charge in [0.25, 0.3) is 0 Å². The lowest BCUT2D eigenvalue weighted by Crippen LogP contribution is -2.35. The average Bonchev–Trinajstić information content (AvgIpc) is 2.84. The van der Waals surface area contributed by atoms with Crippen LogP contribution in [0.1, 0.15) is 18.9 Å². The van der Waals surface area contributed by atoms with E-state index in [1.165, 1.54) is 30.4 Å². The largest absolute Gasteiger partial charge is 0.488 e. The first-order valence-corrected chi connectivity index (χ1v) is 12.5. The van der Waals surface area contributed by atoms with Gasteiger partial charge in [-0.25, -0.2) is 4.79 Å². The van der Waals surface area contributed by atoms with Crippen molar-refractivity contribution < 1.29 is 55.2 Å². The Labute approximate surface area is 234 Å². The van der Waals surface area contributed by atoms with Crippen LogP contribution in [0.3, 0.4) is 0 Å². The second-order valence-corrected chi connectivity index (χ2v) is 9.26. The van der Waals surface area contributed by atoms with Gasteiger partial charge in [0, 0.05) is 19.4 Å². The van der Waals surface area contributed by atoms with Crippen LogP contribution in [0.15, 0.2) is 54.3 Å². The molecule has 13 heteroatoms. The van der Waals surface area contributed by atoms with Gasteiger partial charge in [0.2, 0.25) is 0 Å². The summed E-state index contributed by atoms with van der Waals surface area (Å²) in [5.74, 6) is 4.31. The molecule has 0 fully saturated rings. The number of halogens is 7. The summed E-state index contributed by atoms with van der Waals surface area (Å²) in [6.45, 7) is -1.24. The molecule has 214 valence electrons. The first kappa shape index (κ1) is 32.5. The third-order valence-corrected chi connectivity index (χ3v) is 5.72. The minimum absolute atomic E-state index is 0.0484. The number of allylic oxidation sites excluding steroid dienone is 3. The van der Waals surface area contributed by atoms with E-state index in [-0.39, 0.29) is 25.4 Å². The molecule has 0 heterocycles. The van der Waals surface area contributed by atoms with Crippen LogP contribution in [0.2, 0.25) is 0 Å². The number of carboxylic acids is 1. The SMILES string of the molecule is CCO[C@@H](Cc1ccc(OCC=CC#CC2(OCC(F)(F)F)C=CC=C(OCC(F)(F)F)C2)c(I)c1)C(=O)O. The van der Waals surface area contributed by atoms with E-state index in [4.69, 9.17) is 14.2 Å². The smallest absolute Gasteiger partial charge is 0.422 e. The first-order chi connectivity index (χ1) is 18.2. The van der Waals surface area contributed by atoms with E-state index in [9.17, 15) is 36.2 Å². The topological polar surface area (TPSA) is 74.2 Å². The van der Waals surface area contributed by atoms with Crippen LogP contribution in [0.4, 0.5) is 26.3 Å². The summed E-state index contributed by atoms with van der Waals surface area (Å²) in [7, 11) is 0. The van der Waals surface area contributed by atoms with Crippen LogP contribution in [0.5, 0.6) is 5.75 Å². The molecule has 0 amide bonds. The Kier molecular flexibility index (Phi) is 12.2. The molecule has 0 radical (unpaired) electrons. The van der Waals surface area contributed by atoms with Gasteiger partial charge in [-0.05, 0) is 71.5 Å². The number of carboxylic acid groups (broad SMARTS) is 1. The lowest BCUT2D eigenvalue weighted by atomic mass is 9.94. The molecule has 6 nitrogen and oxygen atoms in total. The summed E-state index contributed by atoms with van der Waals surface area (Å²) in [5, 5.41) is 9.23. The zero-order valence-corrected chi connectivity index (χ0v) is 22.7. The summed E-state index contributed by atoms with van der Waals surface area (Å²) in [5.41, 5.74) is -1.09. The van der Waals surface area contributed by atoms with Gasteiger partial charge >= 0.3 is 18.3 Å². The molecular weight excluding hydrogens is 649 g/mol. The monoisotopic (exact) mass is 674 g/mol. The summed E-state index contributed by atoms with van der Waals surface area (Å²) in [4.78, 5) is 11.3. The number of hydrogen-bond acceptors (Lipinski definition) is 5. The van der Waals surface area contributed by atoms with Gasteiger partial charge in [-0.3, -0.25) is 0 Å². The second kappa shape index (κ2) is 14.6. The summed E-state index contributed by atoms with van der Waals surface area (Å²) in [6.07, 6.45) is -4.05. The Balaban J connectivity index is 2.02. The third kappa shape index (κ3) is 12.3. The maximum Gasteiger partial charge on any atom is 0.422 e. The molecule has 0 aromatic heterocycles. The fourth-order valence-corrected chi connectivity index (χ4v) is 3.96. The number of aliphatic carboxylic acids is 1. The average molecular weight is 674 g/mol. The van der Waals surface area contributed by atoms with Gasteiger partial charge in [-0.15, -0.1) is 0 Å². The Hall–Kier alpha value is -2.70. The zero-order valence-electron chi connectivity index (χ0n) is 20.6. The predicted octanol–water partition coefficient (Wildman–Crippen LogP) is 6.00. The van der Waals surface area contributed by atoms with Crippen molar-refractivity contribution in [2.75, 3.05) is 26.4 Å². The molecule has 39 heavy (non-hydrogen) atoms. The van der Waals surface area contributed by atoms with Gasteiger partial charge in [0.15, 0.2) is 18.3 Å². The van der Waals surface area contributed by atoms with Crippen LogP contribution >= 0.6 is 22.6 Å². The Morgan fingerprint density at radius 1 is 1.18 bits per heavy atom. The Morgan fingerprint density at radius 2 is 1.90 bits per heavy atom. The highest BCUT2D eigenvalue weighted by Crippen LogP contribution is 2.31. The van der Waals surface area contributed by atoms with Gasteiger partial charge in [0.05, 0.1) is 3.57 Å². The van der Waals surface area contributed by atoms with Crippen molar-refractivity contribution in [1.29, 1.82) is 0 Å². The fourth-order valence-electron chi connectivity index (χ4n) is 3.22. The van der Waals surface area contributed by atoms with E-state index in [1.807, 2.05) is 22.6 Å². The maximum absolute atomic E-state index is 12.8. The van der Waals surface area contributed by atoms with Crippen LogP contribution in [-0.4, -0.2) is 61.6 Å². The first-order valence-electron chi connectivity index (χ1n) is 11.4. The van der Waals surface area contributed by atoms with Crippen molar-refractivity contribution in [3.63, 3.8) is 0 Å². The molecule has 1 aromatic rings. The molecule has 0 bridgehead atoms. The van der Waals surface area contributed by atoms with E-state index in [1.54, 1.807) is 25.1 Å². The lowest BCUT2D eigenvalue weighted by molar-refractivity contribution is -0.191. The van der Waals surface area contributed by atoms with Crippen LogP contribution in [-0.2, 0) is 25.4 Å². The van der Waals surface area contributed by atoms with Gasteiger partial charge in [-0.2, -0.15) is 26.3 Å². The summed E-state index contributed by atoms with van der Waals surface area (Å²) in [6, 6.07) is 5.14. The number of rotatable bonds is 12. The minimum Gasteiger partial charge on any atom is -0.488 e. The normalized spacial score (nSPS) is 18.3. The molecule has 0 aliphatic heterocycles. The number of benzene rings is 1. The molecule has 2 atom stereocenters. The van der Waals surface area contributed by atoms with Crippen molar-refractivity contribution in [2.24, 2.45) is 0 Å². The zero-order chi connectivity index (χ0) is 29.1. The second-order valence-electron chi connectivity index (χ2n) is 8.10. The van der Waals surface area contributed by atoms with E-state index >= 15 is 0 Å². The Morgan fingerprint density at radius 3 is 2.51 bits per heavy atom. The van der Waals surface area contributed by atoms with Crippen molar-refractivity contribution in [3.8, 4) is 17.6 Å². The molecule has 1 aliphatic carbocycles. The number of hydrogen-bond donors (Lipinski definition) is 1. The highest BCUT2D eigenvalue weighted by molar-refractivity contribution is 14.1. The van der Waals surface area contributed by atoms with Gasteiger partial charge in [0.1, 0.15) is 24.7 Å². The predicted molar refractivity (Wildman–Crippen MR) is 137 cm³/mol. The molecule has 0 spiro atoms. The quantitative estimate of drug-likeness (QED) is 0.167. The van der Waals surface area contributed by atoms with Crippen molar-refractivity contribution in [1.82, 2.24) is 0 Å². The van der Waals surface area contributed by atoms with Crippen molar-refractivity contribution >= 4 is 28.6 Å². The van der Waals surface area contributed by atoms with E-state index in [0.29, 0.717) is 5.75 Å². The minimum atomic E-state index is -4.68. The molecule has 1 aromatic carbocycles. The summed E-state index contributed by atoms with van der Waals surface area (Å²) >= 11 is 2.03. The van der Waals surface area contributed by atoms with E-state index in [2.05, 4.69) is 16.6 Å². The molecule has 1 unspecified atom stereocenters. The van der Waals surface area contributed by atoms with Gasteiger partial charge < -0.3 is 24.1 Å². The summed E-state index contributed by atoms with van der Waals surface area (Å²) < 4.78 is 96.9. The molecule has 1 aliphatic rings. The number of alkyl halides is 6. The molecule has 0 saturated heterocycles. The highest BCUT2D eigenvalue weighted by atomic mass is 127. The maximum atomic E-state index is 12.8. The van der Waals surface area contributed by atoms with Crippen LogP contribution in [0, 0.1) is 15.4 Å². The van der Waals surface area contributed by atoms with Crippen LogP contribution < -0.4 is 4.74 Å². The lowest BCUT2D eigenvalue weighted by Gasteiger charge is -2.29. The van der Waals surface area contributed by atoms with E-state index < -0.39 is 49.7 Å². The van der Waals surface area contributed by atoms with Crippen LogP contribution in [0.25, 0.3) is 0 Å². The van der Waals surface area contributed by atoms with E-state index in [0.717, 1.165) is 9.13 Å². The van der Waals surface area contributed by atoms with Crippen molar-refractivity contribution in [2.45, 2.75) is 43.8 Å². The fraction of sp³-hybridized carbons (Fsp3) is 0.423. The molecule has 2 rings (SSSR count). The molecule has 1 N–H and O–H groups in total. The molecule has 0 saturated carbocycles. The standard InChI is InChI=1S/C26H25F6IO6/c1-2-36-22(23(34)35)14-18-8-9-21(20(33)13-18)37-12-5-3-4-10-24(39-17-26(30,31)32)11-6-7-19(15-24)38-16-25(27,28)29/h3,5-9,11,13,22H,2,12,14-17H2,1H3,(H,34,35)/t22-,24?/m0/s1. The Bertz CT molecular complexity index is 1130. The van der Waals surface area contributed by atoms with Crippen molar-refractivity contribution in [3.05, 3.63) is 63.5 Å².